The number of hydrogen-bond donors (Lipinski definition) is 1. The fourth-order valence-corrected chi connectivity index (χ4v) is 2.50. The Labute approximate surface area is 105 Å². The molecule has 1 aromatic heterocycles. The number of pyridine rings is 1. The highest BCUT2D eigenvalue weighted by atomic mass is 16.5. The van der Waals surface area contributed by atoms with E-state index < -0.39 is 5.97 Å². The zero-order chi connectivity index (χ0) is 13.3. The van der Waals surface area contributed by atoms with E-state index in [1.165, 1.54) is 7.11 Å². The first-order chi connectivity index (χ1) is 8.61. The molecule has 1 aliphatic rings. The summed E-state index contributed by atoms with van der Waals surface area (Å²) < 4.78 is 6.31. The van der Waals surface area contributed by atoms with Crippen LogP contribution in [0.25, 0.3) is 0 Å². The van der Waals surface area contributed by atoms with Crippen molar-refractivity contribution in [2.75, 3.05) is 7.11 Å². The minimum absolute atomic E-state index is 0.161. The van der Waals surface area contributed by atoms with E-state index in [9.17, 15) is 14.7 Å². The van der Waals surface area contributed by atoms with Gasteiger partial charge in [-0.1, -0.05) is 6.92 Å². The summed E-state index contributed by atoms with van der Waals surface area (Å²) in [6, 6.07) is 0. The summed E-state index contributed by atoms with van der Waals surface area (Å²) in [6.45, 7) is 2.39. The SMILES string of the molecule is CCc1c(O)c(C(=O)OC)c2n(c1=O)CCCC2. The number of ether oxygens (including phenoxy) is 1. The molecule has 0 amide bonds. The van der Waals surface area contributed by atoms with Crippen LogP contribution < -0.4 is 5.56 Å². The Balaban J connectivity index is 2.78. The normalized spacial score (nSPS) is 14.1. The van der Waals surface area contributed by atoms with E-state index in [1.807, 2.05) is 0 Å². The van der Waals surface area contributed by atoms with Crippen molar-refractivity contribution in [3.63, 3.8) is 0 Å². The van der Waals surface area contributed by atoms with Gasteiger partial charge < -0.3 is 14.4 Å². The molecule has 0 saturated carbocycles. The average Bonchev–Trinajstić information content (AvgIpc) is 2.39. The largest absolute Gasteiger partial charge is 0.506 e. The molecule has 98 valence electrons. The number of fused-ring (bicyclic) bond motifs is 1. The first kappa shape index (κ1) is 12.7. The molecule has 5 heteroatoms. The summed E-state index contributed by atoms with van der Waals surface area (Å²) in [4.78, 5) is 24.0. The lowest BCUT2D eigenvalue weighted by molar-refractivity contribution is 0.0593. The quantitative estimate of drug-likeness (QED) is 0.803. The average molecular weight is 251 g/mol. The minimum atomic E-state index is -0.576. The molecule has 0 saturated heterocycles. The standard InChI is InChI=1S/C13H17NO4/c1-3-8-11(15)10(13(17)18-2)9-6-4-5-7-14(9)12(8)16/h15H,3-7H2,1-2H3. The monoisotopic (exact) mass is 251 g/mol. The number of rotatable bonds is 2. The lowest BCUT2D eigenvalue weighted by Gasteiger charge is -2.22. The van der Waals surface area contributed by atoms with Gasteiger partial charge >= 0.3 is 5.97 Å². The molecular weight excluding hydrogens is 234 g/mol. The van der Waals surface area contributed by atoms with Crippen LogP contribution in [0.3, 0.4) is 0 Å². The predicted octanol–water partition coefficient (Wildman–Crippen LogP) is 1.24. The Morgan fingerprint density at radius 2 is 2.17 bits per heavy atom. The molecule has 2 rings (SSSR count). The van der Waals surface area contributed by atoms with E-state index in [0.29, 0.717) is 30.6 Å². The van der Waals surface area contributed by atoms with E-state index in [2.05, 4.69) is 0 Å². The predicted molar refractivity (Wildman–Crippen MR) is 66.0 cm³/mol. The van der Waals surface area contributed by atoms with Crippen LogP contribution in [-0.2, 0) is 24.1 Å². The zero-order valence-corrected chi connectivity index (χ0v) is 10.7. The first-order valence-electron chi connectivity index (χ1n) is 6.17. The lowest BCUT2D eigenvalue weighted by atomic mass is 9.99. The third-order valence-corrected chi connectivity index (χ3v) is 3.43. The van der Waals surface area contributed by atoms with Crippen molar-refractivity contribution < 1.29 is 14.6 Å². The molecule has 0 unspecified atom stereocenters. The van der Waals surface area contributed by atoms with Crippen LogP contribution in [-0.4, -0.2) is 22.8 Å². The Bertz CT molecular complexity index is 545. The summed E-state index contributed by atoms with van der Waals surface area (Å²) in [7, 11) is 1.28. The number of aromatic nitrogens is 1. The fourth-order valence-electron chi connectivity index (χ4n) is 2.50. The van der Waals surface area contributed by atoms with E-state index in [4.69, 9.17) is 4.74 Å². The molecule has 0 fully saturated rings. The van der Waals surface area contributed by atoms with Crippen LogP contribution in [0.4, 0.5) is 0 Å². The van der Waals surface area contributed by atoms with E-state index in [1.54, 1.807) is 11.5 Å². The zero-order valence-electron chi connectivity index (χ0n) is 10.7. The van der Waals surface area contributed by atoms with Gasteiger partial charge in [0, 0.05) is 12.2 Å². The summed E-state index contributed by atoms with van der Waals surface area (Å²) in [5.74, 6) is -0.782. The summed E-state index contributed by atoms with van der Waals surface area (Å²) in [5, 5.41) is 10.1. The molecule has 1 aliphatic heterocycles. The maximum absolute atomic E-state index is 12.2. The van der Waals surface area contributed by atoms with Gasteiger partial charge in [0.1, 0.15) is 11.3 Å². The van der Waals surface area contributed by atoms with Gasteiger partial charge in [0.2, 0.25) is 0 Å². The number of nitrogens with zero attached hydrogens (tertiary/aromatic N) is 1. The van der Waals surface area contributed by atoms with Crippen molar-refractivity contribution in [1.82, 2.24) is 4.57 Å². The second-order valence-electron chi connectivity index (χ2n) is 4.41. The Morgan fingerprint density at radius 3 is 2.78 bits per heavy atom. The van der Waals surface area contributed by atoms with Gasteiger partial charge in [0.25, 0.3) is 5.56 Å². The highest BCUT2D eigenvalue weighted by Gasteiger charge is 2.26. The van der Waals surface area contributed by atoms with Crippen LogP contribution >= 0.6 is 0 Å². The van der Waals surface area contributed by atoms with E-state index in [-0.39, 0.29) is 16.9 Å². The molecule has 1 aromatic rings. The molecule has 0 bridgehead atoms. The highest BCUT2D eigenvalue weighted by Crippen LogP contribution is 2.28. The van der Waals surface area contributed by atoms with Gasteiger partial charge in [-0.15, -0.1) is 0 Å². The third kappa shape index (κ3) is 1.79. The number of methoxy groups -OCH3 is 1. The Kier molecular flexibility index (Phi) is 3.41. The van der Waals surface area contributed by atoms with Gasteiger partial charge in [-0.2, -0.15) is 0 Å². The molecule has 1 N–H and O–H groups in total. The minimum Gasteiger partial charge on any atom is -0.506 e. The third-order valence-electron chi connectivity index (χ3n) is 3.43. The molecule has 0 aromatic carbocycles. The molecule has 0 spiro atoms. The van der Waals surface area contributed by atoms with Crippen molar-refractivity contribution in [3.8, 4) is 5.75 Å². The number of aromatic hydroxyl groups is 1. The van der Waals surface area contributed by atoms with Crippen LogP contribution in [0.15, 0.2) is 4.79 Å². The Morgan fingerprint density at radius 1 is 1.44 bits per heavy atom. The van der Waals surface area contributed by atoms with Crippen LogP contribution in [0.1, 0.15) is 41.4 Å². The van der Waals surface area contributed by atoms with Crippen molar-refractivity contribution in [1.29, 1.82) is 0 Å². The number of hydrogen-bond acceptors (Lipinski definition) is 4. The van der Waals surface area contributed by atoms with Crippen LogP contribution in [0, 0.1) is 0 Å². The molecule has 0 atom stereocenters. The van der Waals surface area contributed by atoms with Gasteiger partial charge in [0.15, 0.2) is 0 Å². The first-order valence-corrected chi connectivity index (χ1v) is 6.17. The smallest absolute Gasteiger partial charge is 0.343 e. The van der Waals surface area contributed by atoms with Gasteiger partial charge in [-0.05, 0) is 25.7 Å². The van der Waals surface area contributed by atoms with Crippen LogP contribution in [0.2, 0.25) is 0 Å². The highest BCUT2D eigenvalue weighted by molar-refractivity contribution is 5.94. The summed E-state index contributed by atoms with van der Waals surface area (Å²) in [6.07, 6.45) is 2.85. The molecular formula is C13H17NO4. The number of carbonyl (C=O) groups is 1. The van der Waals surface area contributed by atoms with E-state index >= 15 is 0 Å². The molecule has 0 aliphatic carbocycles. The van der Waals surface area contributed by atoms with Gasteiger partial charge in [-0.3, -0.25) is 4.79 Å². The van der Waals surface area contributed by atoms with Crippen molar-refractivity contribution >= 4 is 5.97 Å². The van der Waals surface area contributed by atoms with Crippen LogP contribution in [0.5, 0.6) is 5.75 Å². The molecule has 2 heterocycles. The Hall–Kier alpha value is -1.78. The maximum atomic E-state index is 12.2. The second-order valence-corrected chi connectivity index (χ2v) is 4.41. The summed E-state index contributed by atoms with van der Waals surface area (Å²) >= 11 is 0. The number of esters is 1. The number of carbonyl (C=O) groups excluding carboxylic acids is 1. The van der Waals surface area contributed by atoms with Gasteiger partial charge in [0.05, 0.1) is 12.7 Å². The van der Waals surface area contributed by atoms with Crippen molar-refractivity contribution in [2.24, 2.45) is 0 Å². The van der Waals surface area contributed by atoms with Crippen molar-refractivity contribution in [2.45, 2.75) is 39.2 Å². The van der Waals surface area contributed by atoms with E-state index in [0.717, 1.165) is 12.8 Å². The molecule has 5 nitrogen and oxygen atoms in total. The van der Waals surface area contributed by atoms with Gasteiger partial charge in [-0.25, -0.2) is 4.79 Å². The molecule has 18 heavy (non-hydrogen) atoms. The maximum Gasteiger partial charge on any atom is 0.343 e. The second kappa shape index (κ2) is 4.84. The topological polar surface area (TPSA) is 68.5 Å². The lowest BCUT2D eigenvalue weighted by Crippen LogP contribution is -2.32. The summed E-state index contributed by atoms with van der Waals surface area (Å²) in [5.41, 5.74) is 0.875. The fraction of sp³-hybridized carbons (Fsp3) is 0.538. The van der Waals surface area contributed by atoms with Crippen molar-refractivity contribution in [3.05, 3.63) is 27.2 Å². The molecule has 0 radical (unpaired) electrons.